The van der Waals surface area contributed by atoms with E-state index in [0.717, 1.165) is 17.8 Å². The minimum atomic E-state index is -1.02. The fraction of sp³-hybridized carbons (Fsp3) is 0.133. The molecule has 0 radical (unpaired) electrons. The number of nitrogens with one attached hydrogen (secondary N) is 1. The van der Waals surface area contributed by atoms with Crippen LogP contribution in [0.5, 0.6) is 0 Å². The second kappa shape index (κ2) is 7.55. The monoisotopic (exact) mass is 347 g/mol. The first kappa shape index (κ1) is 17.4. The Bertz CT molecular complexity index is 798. The van der Waals surface area contributed by atoms with Gasteiger partial charge < -0.3 is 9.84 Å². The molecule has 8 nitrogen and oxygen atoms in total. The number of aromatic carboxylic acids is 1. The molecule has 1 aliphatic rings. The number of hydrogen-bond acceptors (Lipinski definition) is 7. The zero-order valence-corrected chi connectivity index (χ0v) is 13.6. The number of rotatable bonds is 4. The number of amidine groups is 1. The lowest BCUT2D eigenvalue weighted by Crippen LogP contribution is -2.19. The lowest BCUT2D eigenvalue weighted by Gasteiger charge is -2.00. The molecule has 1 aromatic carbocycles. The summed E-state index contributed by atoms with van der Waals surface area (Å²) in [6.07, 6.45) is 2.43. The number of thioether (sulfide) groups is 1. The Hall–Kier alpha value is -2.94. The third-order valence-corrected chi connectivity index (χ3v) is 3.85. The molecule has 1 heterocycles. The highest BCUT2D eigenvalue weighted by molar-refractivity contribution is 8.18. The van der Waals surface area contributed by atoms with Crippen molar-refractivity contribution in [3.8, 4) is 0 Å². The SMILES string of the molecule is COC(=O)/C=C1/S/C(=N\N=Cc2ccc(C)c(C(=O)O)c2)NC1=O. The first-order chi connectivity index (χ1) is 11.4. The number of carbonyl (C=O) groups is 3. The molecule has 1 saturated heterocycles. The molecular formula is C15H13N3O5S. The summed E-state index contributed by atoms with van der Waals surface area (Å²) >= 11 is 0.950. The van der Waals surface area contributed by atoms with Crippen LogP contribution in [0.1, 0.15) is 21.5 Å². The van der Waals surface area contributed by atoms with Gasteiger partial charge in [0.05, 0.1) is 23.8 Å². The molecule has 1 aliphatic heterocycles. The molecule has 0 unspecified atom stereocenters. The number of methoxy groups -OCH3 is 1. The molecule has 0 atom stereocenters. The van der Waals surface area contributed by atoms with Gasteiger partial charge in [0.2, 0.25) is 0 Å². The fourth-order valence-corrected chi connectivity index (χ4v) is 2.48. The maximum absolute atomic E-state index is 11.6. The summed E-state index contributed by atoms with van der Waals surface area (Å²) in [7, 11) is 1.21. The molecule has 0 aliphatic carbocycles. The van der Waals surface area contributed by atoms with E-state index in [-0.39, 0.29) is 15.6 Å². The highest BCUT2D eigenvalue weighted by Gasteiger charge is 2.24. The Morgan fingerprint density at radius 2 is 2.12 bits per heavy atom. The van der Waals surface area contributed by atoms with Gasteiger partial charge in [0, 0.05) is 6.08 Å². The first-order valence-corrected chi connectivity index (χ1v) is 7.46. The van der Waals surface area contributed by atoms with Gasteiger partial charge in [-0.05, 0) is 35.9 Å². The summed E-state index contributed by atoms with van der Waals surface area (Å²) in [6, 6.07) is 4.85. The van der Waals surface area contributed by atoms with E-state index in [4.69, 9.17) is 5.11 Å². The van der Waals surface area contributed by atoms with E-state index in [2.05, 4.69) is 20.3 Å². The summed E-state index contributed by atoms with van der Waals surface area (Å²) in [6.45, 7) is 1.70. The molecule has 2 N–H and O–H groups in total. The van der Waals surface area contributed by atoms with E-state index in [1.807, 2.05) is 0 Å². The molecule has 1 amide bonds. The van der Waals surface area contributed by atoms with Crippen molar-refractivity contribution >= 4 is 41.0 Å². The van der Waals surface area contributed by atoms with E-state index in [1.54, 1.807) is 19.1 Å². The maximum Gasteiger partial charge on any atom is 0.335 e. The number of carboxylic acid groups (broad SMARTS) is 1. The number of aryl methyl sites for hydroxylation is 1. The topological polar surface area (TPSA) is 117 Å². The van der Waals surface area contributed by atoms with Gasteiger partial charge in [-0.2, -0.15) is 5.10 Å². The van der Waals surface area contributed by atoms with Crippen molar-refractivity contribution in [2.75, 3.05) is 7.11 Å². The van der Waals surface area contributed by atoms with E-state index in [0.29, 0.717) is 11.1 Å². The van der Waals surface area contributed by atoms with Crippen molar-refractivity contribution in [3.05, 3.63) is 45.9 Å². The third-order valence-electron chi connectivity index (χ3n) is 2.95. The van der Waals surface area contributed by atoms with Crippen LogP contribution in [0.2, 0.25) is 0 Å². The van der Waals surface area contributed by atoms with Crippen molar-refractivity contribution in [1.29, 1.82) is 0 Å². The van der Waals surface area contributed by atoms with Crippen LogP contribution in [0.4, 0.5) is 0 Å². The van der Waals surface area contributed by atoms with Gasteiger partial charge >= 0.3 is 11.9 Å². The largest absolute Gasteiger partial charge is 0.478 e. The van der Waals surface area contributed by atoms with Crippen molar-refractivity contribution in [1.82, 2.24) is 5.32 Å². The van der Waals surface area contributed by atoms with Gasteiger partial charge in [-0.25, -0.2) is 9.59 Å². The minimum absolute atomic E-state index is 0.152. The highest BCUT2D eigenvalue weighted by atomic mass is 32.2. The Morgan fingerprint density at radius 1 is 1.38 bits per heavy atom. The predicted octanol–water partition coefficient (Wildman–Crippen LogP) is 1.30. The summed E-state index contributed by atoms with van der Waals surface area (Å²) < 4.78 is 4.45. The van der Waals surface area contributed by atoms with Gasteiger partial charge in [-0.1, -0.05) is 12.1 Å². The van der Waals surface area contributed by atoms with Gasteiger partial charge in [0.15, 0.2) is 5.17 Å². The quantitative estimate of drug-likeness (QED) is 0.367. The van der Waals surface area contributed by atoms with Crippen LogP contribution in [0.15, 0.2) is 39.4 Å². The number of esters is 1. The molecule has 0 saturated carbocycles. The molecule has 24 heavy (non-hydrogen) atoms. The number of carboxylic acids is 1. The lowest BCUT2D eigenvalue weighted by atomic mass is 10.1. The van der Waals surface area contributed by atoms with Crippen LogP contribution < -0.4 is 5.32 Å². The van der Waals surface area contributed by atoms with Crippen molar-refractivity contribution in [3.63, 3.8) is 0 Å². The summed E-state index contributed by atoms with van der Waals surface area (Å²) in [4.78, 5) is 34.0. The predicted molar refractivity (Wildman–Crippen MR) is 89.0 cm³/mol. The smallest absolute Gasteiger partial charge is 0.335 e. The van der Waals surface area contributed by atoms with E-state index in [1.165, 1.54) is 19.4 Å². The fourth-order valence-electron chi connectivity index (χ4n) is 1.74. The third kappa shape index (κ3) is 4.29. The molecular weight excluding hydrogens is 334 g/mol. The zero-order valence-electron chi connectivity index (χ0n) is 12.8. The second-order valence-electron chi connectivity index (χ2n) is 4.62. The number of amides is 1. The van der Waals surface area contributed by atoms with Crippen molar-refractivity contribution in [2.24, 2.45) is 10.2 Å². The number of nitrogens with zero attached hydrogens (tertiary/aromatic N) is 2. The van der Waals surface area contributed by atoms with Crippen molar-refractivity contribution < 1.29 is 24.2 Å². The summed E-state index contributed by atoms with van der Waals surface area (Å²) in [5, 5.41) is 19.4. The molecule has 0 bridgehead atoms. The van der Waals surface area contributed by atoms with Crippen LogP contribution in [-0.2, 0) is 14.3 Å². The molecule has 1 aromatic rings. The van der Waals surface area contributed by atoms with Gasteiger partial charge in [-0.15, -0.1) is 5.10 Å². The molecule has 0 spiro atoms. The summed E-state index contributed by atoms with van der Waals surface area (Å²) in [5.74, 6) is -2.13. The molecule has 124 valence electrons. The Kier molecular flexibility index (Phi) is 5.48. The molecule has 9 heteroatoms. The molecule has 2 rings (SSSR count). The van der Waals surface area contributed by atoms with E-state index < -0.39 is 17.8 Å². The first-order valence-electron chi connectivity index (χ1n) is 6.64. The highest BCUT2D eigenvalue weighted by Crippen LogP contribution is 2.23. The molecule has 1 fully saturated rings. The average Bonchev–Trinajstić information content (AvgIpc) is 2.88. The van der Waals surface area contributed by atoms with Crippen LogP contribution >= 0.6 is 11.8 Å². The number of carbonyl (C=O) groups excluding carboxylic acids is 2. The van der Waals surface area contributed by atoms with Crippen LogP contribution in [0.25, 0.3) is 0 Å². The Balaban J connectivity index is 2.11. The lowest BCUT2D eigenvalue weighted by molar-refractivity contribution is -0.135. The van der Waals surface area contributed by atoms with E-state index in [9.17, 15) is 14.4 Å². The number of ether oxygens (including phenoxy) is 1. The molecule has 0 aromatic heterocycles. The van der Waals surface area contributed by atoms with Gasteiger partial charge in [-0.3, -0.25) is 10.1 Å². The Morgan fingerprint density at radius 3 is 2.79 bits per heavy atom. The van der Waals surface area contributed by atoms with Gasteiger partial charge in [0.1, 0.15) is 0 Å². The maximum atomic E-state index is 11.6. The standard InChI is InChI=1S/C15H13N3O5S/c1-8-3-4-9(5-10(8)14(21)22)7-16-18-15-17-13(20)11(24-15)6-12(19)23-2/h3-7H,1-2H3,(H,21,22)(H,17,18,20)/b11-6+,16-7?. The average molecular weight is 347 g/mol. The Labute approximate surface area is 141 Å². The van der Waals surface area contributed by atoms with Crippen LogP contribution in [0.3, 0.4) is 0 Å². The summed E-state index contributed by atoms with van der Waals surface area (Å²) in [5.41, 5.74) is 1.38. The number of hydrogen-bond donors (Lipinski definition) is 2. The van der Waals surface area contributed by atoms with Gasteiger partial charge in [0.25, 0.3) is 5.91 Å². The normalized spacial score (nSPS) is 17.5. The minimum Gasteiger partial charge on any atom is -0.478 e. The van der Waals surface area contributed by atoms with Crippen LogP contribution in [-0.4, -0.2) is 41.4 Å². The van der Waals surface area contributed by atoms with Crippen molar-refractivity contribution in [2.45, 2.75) is 6.92 Å². The zero-order chi connectivity index (χ0) is 17.7. The number of benzene rings is 1. The second-order valence-corrected chi connectivity index (χ2v) is 5.65. The van der Waals surface area contributed by atoms with Crippen LogP contribution in [0, 0.1) is 6.92 Å². The van der Waals surface area contributed by atoms with E-state index >= 15 is 0 Å².